The lowest BCUT2D eigenvalue weighted by molar-refractivity contribution is 0.0943. The maximum absolute atomic E-state index is 12.0. The number of pyridine rings is 1. The molecule has 0 spiro atoms. The van der Waals surface area contributed by atoms with E-state index in [1.807, 2.05) is 25.1 Å². The number of furan rings is 1. The predicted octanol–water partition coefficient (Wildman–Crippen LogP) is 4.31. The first kappa shape index (κ1) is 16.1. The number of aryl methyl sites for hydroxylation is 1. The molecule has 24 heavy (non-hydrogen) atoms. The van der Waals surface area contributed by atoms with Crippen LogP contribution in [0.1, 0.15) is 21.8 Å². The number of anilines is 2. The van der Waals surface area contributed by atoms with Crippen LogP contribution in [-0.4, -0.2) is 10.9 Å². The van der Waals surface area contributed by atoms with Gasteiger partial charge < -0.3 is 15.1 Å². The minimum atomic E-state index is -0.253. The quantitative estimate of drug-likeness (QED) is 0.725. The summed E-state index contributed by atoms with van der Waals surface area (Å²) in [4.78, 5) is 16.2. The lowest BCUT2D eigenvalue weighted by Crippen LogP contribution is -2.23. The third kappa shape index (κ3) is 3.94. The van der Waals surface area contributed by atoms with Crippen LogP contribution in [0.15, 0.2) is 59.3 Å². The second-order valence-electron chi connectivity index (χ2n) is 5.28. The molecule has 2 heterocycles. The Hall–Kier alpha value is -2.79. The Labute approximate surface area is 144 Å². The van der Waals surface area contributed by atoms with Crippen molar-refractivity contribution in [2.24, 2.45) is 0 Å². The van der Waals surface area contributed by atoms with Crippen molar-refractivity contribution in [3.63, 3.8) is 0 Å². The smallest absolute Gasteiger partial charge is 0.270 e. The van der Waals surface area contributed by atoms with Gasteiger partial charge in [0.15, 0.2) is 0 Å². The molecule has 0 aliphatic carbocycles. The molecule has 5 nitrogen and oxygen atoms in total. The number of amides is 1. The topological polar surface area (TPSA) is 67.2 Å². The number of aromatic nitrogens is 1. The highest BCUT2D eigenvalue weighted by atomic mass is 35.5. The highest BCUT2D eigenvalue weighted by Gasteiger charge is 2.08. The fourth-order valence-electron chi connectivity index (χ4n) is 2.11. The van der Waals surface area contributed by atoms with Crippen molar-refractivity contribution in [2.45, 2.75) is 13.5 Å². The number of carbonyl (C=O) groups is 1. The van der Waals surface area contributed by atoms with Crippen LogP contribution in [0.25, 0.3) is 0 Å². The zero-order valence-electron chi connectivity index (χ0n) is 13.0. The summed E-state index contributed by atoms with van der Waals surface area (Å²) >= 11 is 6.11. The third-order valence-electron chi connectivity index (χ3n) is 3.46. The molecule has 0 unspecified atom stereocenters. The maximum atomic E-state index is 12.0. The van der Waals surface area contributed by atoms with Gasteiger partial charge in [-0.15, -0.1) is 0 Å². The number of nitrogens with zero attached hydrogens (tertiary/aromatic N) is 1. The molecule has 0 fully saturated rings. The molecule has 0 atom stereocenters. The van der Waals surface area contributed by atoms with Gasteiger partial charge in [-0.3, -0.25) is 4.79 Å². The van der Waals surface area contributed by atoms with Gasteiger partial charge in [0.2, 0.25) is 0 Å². The number of carbonyl (C=O) groups excluding carboxylic acids is 1. The fraction of sp³-hybridized carbons (Fsp3) is 0.111. The highest BCUT2D eigenvalue weighted by Crippen LogP contribution is 2.22. The molecule has 2 N–H and O–H groups in total. The average molecular weight is 342 g/mol. The van der Waals surface area contributed by atoms with E-state index in [2.05, 4.69) is 15.6 Å². The number of nitrogens with one attached hydrogen (secondary N) is 2. The largest absolute Gasteiger partial charge is 0.467 e. The molecule has 3 aromatic rings. The molecular formula is C18H16ClN3O2. The van der Waals surface area contributed by atoms with Crippen molar-refractivity contribution in [2.75, 3.05) is 5.32 Å². The van der Waals surface area contributed by atoms with Gasteiger partial charge in [-0.2, -0.15) is 0 Å². The summed E-state index contributed by atoms with van der Waals surface area (Å²) in [5, 5.41) is 6.65. The number of hydrogen-bond acceptors (Lipinski definition) is 4. The van der Waals surface area contributed by atoms with Crippen molar-refractivity contribution in [3.8, 4) is 0 Å². The Balaban J connectivity index is 1.62. The average Bonchev–Trinajstić information content (AvgIpc) is 3.10. The highest BCUT2D eigenvalue weighted by molar-refractivity contribution is 6.31. The summed E-state index contributed by atoms with van der Waals surface area (Å²) in [6.45, 7) is 2.28. The van der Waals surface area contributed by atoms with Crippen LogP contribution in [0.2, 0.25) is 5.02 Å². The molecule has 0 saturated heterocycles. The molecule has 0 bridgehead atoms. The first-order valence-corrected chi connectivity index (χ1v) is 7.79. The van der Waals surface area contributed by atoms with Gasteiger partial charge in [0.25, 0.3) is 5.91 Å². The van der Waals surface area contributed by atoms with E-state index in [-0.39, 0.29) is 5.91 Å². The Kier molecular flexibility index (Phi) is 4.82. The van der Waals surface area contributed by atoms with E-state index in [1.165, 1.54) is 0 Å². The second-order valence-corrected chi connectivity index (χ2v) is 5.69. The predicted molar refractivity (Wildman–Crippen MR) is 93.6 cm³/mol. The van der Waals surface area contributed by atoms with Crippen molar-refractivity contribution in [3.05, 3.63) is 77.0 Å². The van der Waals surface area contributed by atoms with E-state index < -0.39 is 0 Å². The molecule has 1 aromatic carbocycles. The van der Waals surface area contributed by atoms with Crippen LogP contribution in [0, 0.1) is 6.92 Å². The van der Waals surface area contributed by atoms with Crippen molar-refractivity contribution in [1.82, 2.24) is 10.3 Å². The molecule has 2 aromatic heterocycles. The van der Waals surface area contributed by atoms with Crippen molar-refractivity contribution >= 4 is 28.9 Å². The van der Waals surface area contributed by atoms with Crippen LogP contribution < -0.4 is 10.6 Å². The first-order valence-electron chi connectivity index (χ1n) is 7.41. The number of halogens is 1. The molecule has 0 aliphatic heterocycles. The van der Waals surface area contributed by atoms with E-state index in [0.717, 1.165) is 16.9 Å². The summed E-state index contributed by atoms with van der Waals surface area (Å²) < 4.78 is 5.17. The van der Waals surface area contributed by atoms with Crippen LogP contribution in [0.4, 0.5) is 11.4 Å². The minimum Gasteiger partial charge on any atom is -0.467 e. The lowest BCUT2D eigenvalue weighted by Gasteiger charge is -2.08. The maximum Gasteiger partial charge on any atom is 0.270 e. The van der Waals surface area contributed by atoms with Gasteiger partial charge in [-0.25, -0.2) is 4.98 Å². The second kappa shape index (κ2) is 7.19. The van der Waals surface area contributed by atoms with Crippen molar-refractivity contribution in [1.29, 1.82) is 0 Å². The van der Waals surface area contributed by atoms with Gasteiger partial charge in [0.1, 0.15) is 11.5 Å². The Bertz CT molecular complexity index is 830. The van der Waals surface area contributed by atoms with E-state index in [1.54, 1.807) is 36.7 Å². The van der Waals surface area contributed by atoms with Crippen LogP contribution in [-0.2, 0) is 6.54 Å². The number of rotatable bonds is 5. The summed E-state index contributed by atoms with van der Waals surface area (Å²) in [7, 11) is 0. The van der Waals surface area contributed by atoms with Gasteiger partial charge in [0, 0.05) is 10.7 Å². The van der Waals surface area contributed by atoms with Gasteiger partial charge in [-0.1, -0.05) is 17.7 Å². The Morgan fingerprint density at radius 2 is 2.04 bits per heavy atom. The van der Waals surface area contributed by atoms with Crippen molar-refractivity contribution < 1.29 is 9.21 Å². The zero-order valence-corrected chi connectivity index (χ0v) is 13.8. The van der Waals surface area contributed by atoms with Gasteiger partial charge in [0.05, 0.1) is 24.7 Å². The molecule has 0 radical (unpaired) electrons. The van der Waals surface area contributed by atoms with Crippen LogP contribution in [0.5, 0.6) is 0 Å². The normalized spacial score (nSPS) is 10.4. The van der Waals surface area contributed by atoms with Crippen LogP contribution in [0.3, 0.4) is 0 Å². The molecule has 122 valence electrons. The van der Waals surface area contributed by atoms with E-state index in [0.29, 0.717) is 23.0 Å². The summed E-state index contributed by atoms with van der Waals surface area (Å²) in [6, 6.07) is 12.8. The zero-order chi connectivity index (χ0) is 16.9. The Morgan fingerprint density at radius 1 is 1.21 bits per heavy atom. The first-order chi connectivity index (χ1) is 11.6. The summed E-state index contributed by atoms with van der Waals surface area (Å²) in [6.07, 6.45) is 3.17. The van der Waals surface area contributed by atoms with E-state index in [4.69, 9.17) is 16.0 Å². The monoisotopic (exact) mass is 341 g/mol. The molecule has 3 rings (SSSR count). The summed E-state index contributed by atoms with van der Waals surface area (Å²) in [5.74, 6) is 0.439. The molecular weight excluding hydrogens is 326 g/mol. The lowest BCUT2D eigenvalue weighted by atomic mass is 10.2. The van der Waals surface area contributed by atoms with E-state index >= 15 is 0 Å². The fourth-order valence-corrected chi connectivity index (χ4v) is 2.29. The molecule has 0 aliphatic rings. The third-order valence-corrected chi connectivity index (χ3v) is 3.87. The standard InChI is InChI=1S/C18H16ClN3O2/c1-12-4-5-13(9-16(12)19)22-14-6-7-17(20-10-14)18(23)21-11-15-3-2-8-24-15/h2-10,22H,11H2,1H3,(H,21,23). The summed E-state index contributed by atoms with van der Waals surface area (Å²) in [5.41, 5.74) is 3.00. The molecule has 0 saturated carbocycles. The van der Waals surface area contributed by atoms with E-state index in [9.17, 15) is 4.79 Å². The molecule has 1 amide bonds. The van der Waals surface area contributed by atoms with Gasteiger partial charge >= 0.3 is 0 Å². The molecule has 6 heteroatoms. The number of hydrogen-bond donors (Lipinski definition) is 2. The number of benzene rings is 1. The Morgan fingerprint density at radius 3 is 2.71 bits per heavy atom. The minimum absolute atomic E-state index is 0.253. The van der Waals surface area contributed by atoms with Crippen LogP contribution >= 0.6 is 11.6 Å². The SMILES string of the molecule is Cc1ccc(Nc2ccc(C(=O)NCc3ccco3)nc2)cc1Cl. The van der Waals surface area contributed by atoms with Gasteiger partial charge in [-0.05, 0) is 48.9 Å².